The van der Waals surface area contributed by atoms with Crippen molar-refractivity contribution < 1.29 is 14.7 Å². The Kier molecular flexibility index (Phi) is 3.82. The molecular formula is C12H11ClNO3S-. The summed E-state index contributed by atoms with van der Waals surface area (Å²) >= 11 is 7.46. The number of carboxylic acid groups (broad SMARTS) is 1. The van der Waals surface area contributed by atoms with Gasteiger partial charge in [0.2, 0.25) is 5.91 Å². The van der Waals surface area contributed by atoms with E-state index in [0.717, 1.165) is 5.56 Å². The molecule has 2 rings (SSSR count). The number of aliphatic carboxylic acids is 1. The van der Waals surface area contributed by atoms with Gasteiger partial charge in [-0.3, -0.25) is 4.79 Å². The zero-order valence-corrected chi connectivity index (χ0v) is 11.2. The first kappa shape index (κ1) is 13.2. The van der Waals surface area contributed by atoms with Crippen LogP contribution >= 0.6 is 23.4 Å². The molecule has 4 nitrogen and oxygen atoms in total. The van der Waals surface area contributed by atoms with E-state index in [1.165, 1.54) is 23.6 Å². The summed E-state index contributed by atoms with van der Waals surface area (Å²) in [4.78, 5) is 24.1. The van der Waals surface area contributed by atoms with Crippen molar-refractivity contribution in [1.82, 2.24) is 4.90 Å². The van der Waals surface area contributed by atoms with Crippen molar-refractivity contribution in [1.29, 1.82) is 0 Å². The molecule has 0 saturated carbocycles. The molecule has 0 radical (unpaired) electrons. The first-order valence-electron chi connectivity index (χ1n) is 5.40. The van der Waals surface area contributed by atoms with Crippen LogP contribution < -0.4 is 5.11 Å². The van der Waals surface area contributed by atoms with Crippen molar-refractivity contribution in [2.24, 2.45) is 0 Å². The van der Waals surface area contributed by atoms with E-state index in [1.54, 1.807) is 18.2 Å². The standard InChI is InChI=1S/C12H12ClNO3S/c1-7(12(16)17)14-10(15)6-18-11(14)8-4-2-3-5-9(8)13/h2-5,7,11H,6H2,1H3,(H,16,17)/p-1/t7-,11-/m0/s1. The lowest BCUT2D eigenvalue weighted by molar-refractivity contribution is -0.310. The number of thioether (sulfide) groups is 1. The van der Waals surface area contributed by atoms with Gasteiger partial charge in [-0.15, -0.1) is 11.8 Å². The predicted octanol–water partition coefficient (Wildman–Crippen LogP) is 1.05. The molecule has 0 N–H and O–H groups in total. The van der Waals surface area contributed by atoms with E-state index >= 15 is 0 Å². The zero-order chi connectivity index (χ0) is 13.3. The molecule has 1 fully saturated rings. The smallest absolute Gasteiger partial charge is 0.234 e. The second-order valence-electron chi connectivity index (χ2n) is 3.98. The summed E-state index contributed by atoms with van der Waals surface area (Å²) in [5.41, 5.74) is 0.753. The molecule has 1 aromatic rings. The van der Waals surface area contributed by atoms with Gasteiger partial charge in [-0.2, -0.15) is 0 Å². The molecule has 2 atom stereocenters. The minimum atomic E-state index is -1.26. The average molecular weight is 285 g/mol. The Morgan fingerprint density at radius 2 is 2.22 bits per heavy atom. The monoisotopic (exact) mass is 284 g/mol. The van der Waals surface area contributed by atoms with Crippen LogP contribution in [-0.2, 0) is 9.59 Å². The highest BCUT2D eigenvalue weighted by atomic mass is 35.5. The topological polar surface area (TPSA) is 60.4 Å². The zero-order valence-electron chi connectivity index (χ0n) is 9.63. The van der Waals surface area contributed by atoms with E-state index in [1.807, 2.05) is 6.07 Å². The van der Waals surface area contributed by atoms with Crippen LogP contribution in [0.25, 0.3) is 0 Å². The minimum Gasteiger partial charge on any atom is -0.548 e. The number of carbonyl (C=O) groups excluding carboxylic acids is 2. The van der Waals surface area contributed by atoms with E-state index in [0.29, 0.717) is 5.02 Å². The Bertz CT molecular complexity index is 494. The highest BCUT2D eigenvalue weighted by molar-refractivity contribution is 8.00. The Morgan fingerprint density at radius 3 is 2.83 bits per heavy atom. The maximum absolute atomic E-state index is 11.8. The van der Waals surface area contributed by atoms with Crippen LogP contribution in [0.5, 0.6) is 0 Å². The van der Waals surface area contributed by atoms with E-state index in [9.17, 15) is 14.7 Å². The fourth-order valence-corrected chi connectivity index (χ4v) is 3.48. The molecule has 1 saturated heterocycles. The average Bonchev–Trinajstić information content (AvgIpc) is 2.70. The van der Waals surface area contributed by atoms with Crippen molar-refractivity contribution in [3.63, 3.8) is 0 Å². The molecule has 1 aromatic carbocycles. The van der Waals surface area contributed by atoms with Gasteiger partial charge in [0.25, 0.3) is 0 Å². The van der Waals surface area contributed by atoms with Crippen LogP contribution in [0.1, 0.15) is 17.9 Å². The molecule has 0 aliphatic carbocycles. The van der Waals surface area contributed by atoms with E-state index in [-0.39, 0.29) is 17.0 Å². The predicted molar refractivity (Wildman–Crippen MR) is 68.0 cm³/mol. The van der Waals surface area contributed by atoms with Gasteiger partial charge in [-0.1, -0.05) is 29.8 Å². The van der Waals surface area contributed by atoms with Gasteiger partial charge in [0.15, 0.2) is 0 Å². The molecule has 6 heteroatoms. The number of halogens is 1. The highest BCUT2D eigenvalue weighted by Gasteiger charge is 2.37. The van der Waals surface area contributed by atoms with Gasteiger partial charge in [-0.25, -0.2) is 0 Å². The van der Waals surface area contributed by atoms with Crippen LogP contribution in [0, 0.1) is 0 Å². The second kappa shape index (κ2) is 5.20. The summed E-state index contributed by atoms with van der Waals surface area (Å²) in [5, 5.41) is 11.1. The molecular weight excluding hydrogens is 274 g/mol. The van der Waals surface area contributed by atoms with Crippen molar-refractivity contribution in [3.8, 4) is 0 Å². The molecule has 0 aromatic heterocycles. The minimum absolute atomic E-state index is 0.207. The lowest BCUT2D eigenvalue weighted by Gasteiger charge is -2.31. The number of carboxylic acids is 1. The molecule has 0 unspecified atom stereocenters. The number of hydrogen-bond acceptors (Lipinski definition) is 4. The van der Waals surface area contributed by atoms with E-state index < -0.39 is 12.0 Å². The number of amides is 1. The number of carbonyl (C=O) groups is 2. The molecule has 1 aliphatic heterocycles. The Hall–Kier alpha value is -1.20. The molecule has 18 heavy (non-hydrogen) atoms. The number of hydrogen-bond donors (Lipinski definition) is 0. The maximum Gasteiger partial charge on any atom is 0.234 e. The Morgan fingerprint density at radius 1 is 1.56 bits per heavy atom. The third-order valence-corrected chi connectivity index (χ3v) is 4.39. The van der Waals surface area contributed by atoms with Crippen LogP contribution in [0.4, 0.5) is 0 Å². The van der Waals surface area contributed by atoms with Gasteiger partial charge < -0.3 is 14.8 Å². The van der Waals surface area contributed by atoms with E-state index in [2.05, 4.69) is 0 Å². The highest BCUT2D eigenvalue weighted by Crippen LogP contribution is 2.42. The number of benzene rings is 1. The summed E-state index contributed by atoms with van der Waals surface area (Å²) in [6, 6.07) is 6.16. The van der Waals surface area contributed by atoms with Crippen LogP contribution in [0.3, 0.4) is 0 Å². The third kappa shape index (κ3) is 2.33. The van der Waals surface area contributed by atoms with Crippen LogP contribution in [-0.4, -0.2) is 28.6 Å². The summed E-state index contributed by atoms with van der Waals surface area (Å²) in [5.74, 6) is -1.21. The Labute approximate surface area is 114 Å². The molecule has 1 aliphatic rings. The number of rotatable bonds is 3. The first-order chi connectivity index (χ1) is 8.52. The first-order valence-corrected chi connectivity index (χ1v) is 6.83. The normalized spacial score (nSPS) is 21.1. The van der Waals surface area contributed by atoms with Crippen LogP contribution in [0.15, 0.2) is 24.3 Å². The van der Waals surface area contributed by atoms with Gasteiger partial charge in [0.05, 0.1) is 17.8 Å². The number of nitrogens with zero attached hydrogens (tertiary/aromatic N) is 1. The quantitative estimate of drug-likeness (QED) is 0.832. The van der Waals surface area contributed by atoms with Crippen molar-refractivity contribution in [2.75, 3.05) is 5.75 Å². The molecule has 96 valence electrons. The molecule has 0 spiro atoms. The lowest BCUT2D eigenvalue weighted by Crippen LogP contribution is -2.47. The second-order valence-corrected chi connectivity index (χ2v) is 5.46. The summed E-state index contributed by atoms with van der Waals surface area (Å²) in [6.45, 7) is 1.45. The van der Waals surface area contributed by atoms with Crippen molar-refractivity contribution in [3.05, 3.63) is 34.9 Å². The molecule has 1 heterocycles. The van der Waals surface area contributed by atoms with E-state index in [4.69, 9.17) is 11.6 Å². The SMILES string of the molecule is C[C@@H](C(=O)[O-])N1C(=O)CS[C@H]1c1ccccc1Cl. The summed E-state index contributed by atoms with van der Waals surface area (Å²) < 4.78 is 0. The summed E-state index contributed by atoms with van der Waals surface area (Å²) in [6.07, 6.45) is 0. The summed E-state index contributed by atoms with van der Waals surface area (Å²) in [7, 11) is 0. The van der Waals surface area contributed by atoms with Crippen molar-refractivity contribution in [2.45, 2.75) is 18.3 Å². The molecule has 0 bridgehead atoms. The largest absolute Gasteiger partial charge is 0.548 e. The van der Waals surface area contributed by atoms with Gasteiger partial charge >= 0.3 is 0 Å². The molecule has 1 amide bonds. The Balaban J connectivity index is 2.35. The van der Waals surface area contributed by atoms with Gasteiger partial charge in [-0.05, 0) is 13.0 Å². The maximum atomic E-state index is 11.8. The fourth-order valence-electron chi connectivity index (χ4n) is 1.88. The fraction of sp³-hybridized carbons (Fsp3) is 0.333. The van der Waals surface area contributed by atoms with Gasteiger partial charge in [0, 0.05) is 10.6 Å². The van der Waals surface area contributed by atoms with Gasteiger partial charge in [0.1, 0.15) is 5.37 Å². The van der Waals surface area contributed by atoms with Crippen LogP contribution in [0.2, 0.25) is 5.02 Å². The lowest BCUT2D eigenvalue weighted by atomic mass is 10.1. The third-order valence-electron chi connectivity index (χ3n) is 2.83. The van der Waals surface area contributed by atoms with Crippen molar-refractivity contribution >= 4 is 35.2 Å².